The summed E-state index contributed by atoms with van der Waals surface area (Å²) in [7, 11) is 3.64. The molecule has 2 rings (SSSR count). The summed E-state index contributed by atoms with van der Waals surface area (Å²) in [5.41, 5.74) is 0.900. The minimum atomic E-state index is -0.288. The van der Waals surface area contributed by atoms with Crippen LogP contribution in [0.5, 0.6) is 0 Å². The van der Waals surface area contributed by atoms with Crippen LogP contribution in [0.15, 0.2) is 12.3 Å². The molecular formula is C14H22FN3O. The molecule has 1 heterocycles. The Hall–Kier alpha value is -1.20. The molecule has 1 atom stereocenters. The van der Waals surface area contributed by atoms with Crippen LogP contribution in [0.2, 0.25) is 0 Å². The average Bonchev–Trinajstić information content (AvgIpc) is 3.20. The maximum Gasteiger partial charge on any atom is 0.141 e. The second-order valence-electron chi connectivity index (χ2n) is 5.21. The van der Waals surface area contributed by atoms with Crippen molar-refractivity contribution >= 4 is 5.82 Å². The number of nitrogens with zero attached hydrogens (tertiary/aromatic N) is 2. The van der Waals surface area contributed by atoms with Crippen LogP contribution in [0.25, 0.3) is 0 Å². The molecular weight excluding hydrogens is 245 g/mol. The van der Waals surface area contributed by atoms with Crippen molar-refractivity contribution in [2.45, 2.75) is 38.4 Å². The number of rotatable bonds is 7. The van der Waals surface area contributed by atoms with Crippen molar-refractivity contribution in [3.8, 4) is 0 Å². The van der Waals surface area contributed by atoms with E-state index in [1.807, 2.05) is 11.9 Å². The Morgan fingerprint density at radius 1 is 1.58 bits per heavy atom. The lowest BCUT2D eigenvalue weighted by molar-refractivity contribution is 0.183. The third kappa shape index (κ3) is 3.88. The summed E-state index contributed by atoms with van der Waals surface area (Å²) < 4.78 is 18.5. The van der Waals surface area contributed by atoms with E-state index in [9.17, 15) is 4.39 Å². The Morgan fingerprint density at radius 2 is 2.32 bits per heavy atom. The monoisotopic (exact) mass is 267 g/mol. The number of methoxy groups -OCH3 is 1. The fourth-order valence-electron chi connectivity index (χ4n) is 2.03. The van der Waals surface area contributed by atoms with Gasteiger partial charge < -0.3 is 15.0 Å². The summed E-state index contributed by atoms with van der Waals surface area (Å²) in [6, 6.07) is 2.36. The van der Waals surface area contributed by atoms with E-state index in [1.165, 1.54) is 19.0 Å². The zero-order chi connectivity index (χ0) is 13.8. The third-order valence-electron chi connectivity index (χ3n) is 3.47. The van der Waals surface area contributed by atoms with Gasteiger partial charge in [0.05, 0.1) is 18.8 Å². The van der Waals surface area contributed by atoms with Gasteiger partial charge >= 0.3 is 0 Å². The number of likely N-dealkylation sites (N-methyl/N-ethyl adjacent to an activating group) is 1. The van der Waals surface area contributed by atoms with Crippen LogP contribution in [0.4, 0.5) is 10.2 Å². The van der Waals surface area contributed by atoms with Crippen LogP contribution in [0.3, 0.4) is 0 Å². The standard InChI is InChI=1S/C14H22FN3O/c1-10(9-19-3)18(2)14-11(6-12(15)8-17-14)7-16-13-4-5-13/h6,8,10,13,16H,4-5,7,9H2,1-3H3. The SMILES string of the molecule is COCC(C)N(C)c1ncc(F)cc1CNC1CC1. The topological polar surface area (TPSA) is 37.4 Å². The molecule has 1 aliphatic rings. The number of hydrogen-bond donors (Lipinski definition) is 1. The fraction of sp³-hybridized carbons (Fsp3) is 0.643. The largest absolute Gasteiger partial charge is 0.383 e. The van der Waals surface area contributed by atoms with Gasteiger partial charge in [-0.15, -0.1) is 0 Å². The molecule has 1 aliphatic carbocycles. The van der Waals surface area contributed by atoms with Gasteiger partial charge in [-0.2, -0.15) is 0 Å². The Kier molecular flexibility index (Phi) is 4.71. The number of aromatic nitrogens is 1. The van der Waals surface area contributed by atoms with Crippen molar-refractivity contribution in [2.24, 2.45) is 0 Å². The minimum Gasteiger partial charge on any atom is -0.383 e. The van der Waals surface area contributed by atoms with E-state index in [1.54, 1.807) is 13.2 Å². The summed E-state index contributed by atoms with van der Waals surface area (Å²) in [5.74, 6) is 0.531. The molecule has 5 heteroatoms. The molecule has 0 bridgehead atoms. The molecule has 0 amide bonds. The van der Waals surface area contributed by atoms with E-state index < -0.39 is 0 Å². The molecule has 106 valence electrons. The van der Waals surface area contributed by atoms with Gasteiger partial charge in [0.1, 0.15) is 11.6 Å². The molecule has 1 aromatic rings. The molecule has 19 heavy (non-hydrogen) atoms. The van der Waals surface area contributed by atoms with E-state index in [-0.39, 0.29) is 11.9 Å². The van der Waals surface area contributed by atoms with Gasteiger partial charge in [-0.05, 0) is 25.8 Å². The molecule has 0 radical (unpaired) electrons. The van der Waals surface area contributed by atoms with Crippen LogP contribution < -0.4 is 10.2 Å². The van der Waals surface area contributed by atoms with Gasteiger partial charge in [-0.1, -0.05) is 0 Å². The number of pyridine rings is 1. The number of nitrogens with one attached hydrogen (secondary N) is 1. The molecule has 1 N–H and O–H groups in total. The second-order valence-corrected chi connectivity index (χ2v) is 5.21. The Bertz CT molecular complexity index is 423. The van der Waals surface area contributed by atoms with Crippen molar-refractivity contribution in [2.75, 3.05) is 25.7 Å². The van der Waals surface area contributed by atoms with Gasteiger partial charge in [0.15, 0.2) is 0 Å². The van der Waals surface area contributed by atoms with E-state index in [0.717, 1.165) is 11.4 Å². The first-order chi connectivity index (χ1) is 9.11. The highest BCUT2D eigenvalue weighted by Crippen LogP contribution is 2.23. The number of hydrogen-bond acceptors (Lipinski definition) is 4. The Morgan fingerprint density at radius 3 is 2.95 bits per heavy atom. The van der Waals surface area contributed by atoms with Crippen LogP contribution in [0.1, 0.15) is 25.3 Å². The van der Waals surface area contributed by atoms with Crippen molar-refractivity contribution in [1.29, 1.82) is 0 Å². The van der Waals surface area contributed by atoms with Gasteiger partial charge in [0.25, 0.3) is 0 Å². The van der Waals surface area contributed by atoms with E-state index >= 15 is 0 Å². The molecule has 1 saturated carbocycles. The summed E-state index contributed by atoms with van der Waals surface area (Å²) in [4.78, 5) is 6.27. The lowest BCUT2D eigenvalue weighted by atomic mass is 10.2. The molecule has 1 unspecified atom stereocenters. The van der Waals surface area contributed by atoms with E-state index in [4.69, 9.17) is 4.74 Å². The first kappa shape index (κ1) is 14.2. The van der Waals surface area contributed by atoms with Gasteiger partial charge in [-0.25, -0.2) is 9.37 Å². The first-order valence-electron chi connectivity index (χ1n) is 6.71. The van der Waals surface area contributed by atoms with Crippen molar-refractivity contribution < 1.29 is 9.13 Å². The molecule has 1 fully saturated rings. The van der Waals surface area contributed by atoms with Gasteiger partial charge in [0, 0.05) is 32.3 Å². The van der Waals surface area contributed by atoms with Crippen molar-refractivity contribution in [3.63, 3.8) is 0 Å². The van der Waals surface area contributed by atoms with Gasteiger partial charge in [-0.3, -0.25) is 0 Å². The molecule has 0 aliphatic heterocycles. The third-order valence-corrected chi connectivity index (χ3v) is 3.47. The molecule has 0 saturated heterocycles. The zero-order valence-electron chi connectivity index (χ0n) is 11.8. The van der Waals surface area contributed by atoms with E-state index in [2.05, 4.69) is 17.2 Å². The van der Waals surface area contributed by atoms with Crippen molar-refractivity contribution in [3.05, 3.63) is 23.6 Å². The summed E-state index contributed by atoms with van der Waals surface area (Å²) in [6.45, 7) is 3.34. The second kappa shape index (κ2) is 6.30. The normalized spacial score (nSPS) is 16.4. The predicted molar refractivity (Wildman–Crippen MR) is 73.8 cm³/mol. The highest BCUT2D eigenvalue weighted by atomic mass is 19.1. The van der Waals surface area contributed by atoms with Gasteiger partial charge in [0.2, 0.25) is 0 Å². The number of ether oxygens (including phenoxy) is 1. The average molecular weight is 267 g/mol. The first-order valence-corrected chi connectivity index (χ1v) is 6.71. The summed E-state index contributed by atoms with van der Waals surface area (Å²) in [5, 5.41) is 3.40. The quantitative estimate of drug-likeness (QED) is 0.819. The molecule has 0 spiro atoms. The maximum absolute atomic E-state index is 13.4. The molecule has 1 aromatic heterocycles. The van der Waals surface area contributed by atoms with Crippen LogP contribution in [0, 0.1) is 5.82 Å². The lowest BCUT2D eigenvalue weighted by Crippen LogP contribution is -2.34. The molecule has 0 aromatic carbocycles. The van der Waals surface area contributed by atoms with Crippen LogP contribution in [-0.4, -0.2) is 37.8 Å². The van der Waals surface area contributed by atoms with E-state index in [0.29, 0.717) is 19.2 Å². The predicted octanol–water partition coefficient (Wildman–Crippen LogP) is 1.94. The zero-order valence-corrected chi connectivity index (χ0v) is 11.8. The Balaban J connectivity index is 2.11. The summed E-state index contributed by atoms with van der Waals surface area (Å²) in [6.07, 6.45) is 3.70. The maximum atomic E-state index is 13.4. The smallest absolute Gasteiger partial charge is 0.141 e. The van der Waals surface area contributed by atoms with Crippen LogP contribution in [-0.2, 0) is 11.3 Å². The number of anilines is 1. The highest BCUT2D eigenvalue weighted by Gasteiger charge is 2.22. The molecule has 4 nitrogen and oxygen atoms in total. The highest BCUT2D eigenvalue weighted by molar-refractivity contribution is 5.47. The van der Waals surface area contributed by atoms with Crippen molar-refractivity contribution in [1.82, 2.24) is 10.3 Å². The minimum absolute atomic E-state index is 0.197. The fourth-order valence-corrected chi connectivity index (χ4v) is 2.03. The van der Waals surface area contributed by atoms with Crippen LogP contribution >= 0.6 is 0 Å². The Labute approximate surface area is 114 Å². The number of halogens is 1. The summed E-state index contributed by atoms with van der Waals surface area (Å²) >= 11 is 0. The lowest BCUT2D eigenvalue weighted by Gasteiger charge is -2.27.